The molecular formula is C17H20N4O. The minimum Gasteiger partial charge on any atom is -0.332 e. The number of carbonyl (C=O) groups is 1. The van der Waals surface area contributed by atoms with Crippen LogP contribution >= 0.6 is 0 Å². The average molecular weight is 296 g/mol. The van der Waals surface area contributed by atoms with Crippen LogP contribution in [0.15, 0.2) is 36.5 Å². The summed E-state index contributed by atoms with van der Waals surface area (Å²) in [7, 11) is 0. The number of hydrogen-bond acceptors (Lipinski definition) is 3. The first kappa shape index (κ1) is 13.5. The molecule has 1 aliphatic heterocycles. The van der Waals surface area contributed by atoms with E-state index in [0.29, 0.717) is 12.3 Å². The van der Waals surface area contributed by atoms with Crippen LogP contribution in [0.4, 0.5) is 0 Å². The number of allylic oxidation sites excluding steroid dienone is 2. The Hall–Kier alpha value is -2.17. The molecule has 2 aromatic rings. The van der Waals surface area contributed by atoms with Gasteiger partial charge in [-0.15, -0.1) is 10.2 Å². The Morgan fingerprint density at radius 1 is 1.27 bits per heavy atom. The summed E-state index contributed by atoms with van der Waals surface area (Å²) in [6.07, 6.45) is 11.2. The lowest BCUT2D eigenvalue weighted by atomic mass is 10.0. The second kappa shape index (κ2) is 5.55. The molecule has 4 rings (SSSR count). The number of rotatable bonds is 3. The van der Waals surface area contributed by atoms with Crippen LogP contribution in [0.5, 0.6) is 0 Å². The molecule has 0 spiro atoms. The predicted octanol–water partition coefficient (Wildman–Crippen LogP) is 2.75. The van der Waals surface area contributed by atoms with Gasteiger partial charge in [-0.1, -0.05) is 18.2 Å². The van der Waals surface area contributed by atoms with Gasteiger partial charge in [0.15, 0.2) is 11.5 Å². The fraction of sp³-hybridized carbons (Fsp3) is 0.471. The summed E-state index contributed by atoms with van der Waals surface area (Å²) in [6, 6.07) is 5.94. The Morgan fingerprint density at radius 3 is 3.09 bits per heavy atom. The summed E-state index contributed by atoms with van der Waals surface area (Å²) in [5, 5.41) is 8.57. The molecule has 3 heterocycles. The van der Waals surface area contributed by atoms with Crippen LogP contribution in [0.25, 0.3) is 5.65 Å². The minimum atomic E-state index is 0.0651. The zero-order valence-corrected chi connectivity index (χ0v) is 12.6. The third-order valence-electron chi connectivity index (χ3n) is 4.76. The van der Waals surface area contributed by atoms with Crippen LogP contribution in [-0.4, -0.2) is 31.9 Å². The second-order valence-electron chi connectivity index (χ2n) is 6.20. The summed E-state index contributed by atoms with van der Waals surface area (Å²) in [6.45, 7) is 0.835. The van der Waals surface area contributed by atoms with E-state index in [9.17, 15) is 4.79 Å². The van der Waals surface area contributed by atoms with Crippen LogP contribution in [-0.2, 0) is 4.79 Å². The highest BCUT2D eigenvalue weighted by molar-refractivity contribution is 5.77. The van der Waals surface area contributed by atoms with Crippen LogP contribution in [0.2, 0.25) is 0 Å². The summed E-state index contributed by atoms with van der Waals surface area (Å²) in [5.74, 6) is 1.57. The molecule has 0 N–H and O–H groups in total. The molecule has 2 aromatic heterocycles. The highest BCUT2D eigenvalue weighted by atomic mass is 16.2. The van der Waals surface area contributed by atoms with E-state index in [2.05, 4.69) is 22.3 Å². The zero-order valence-electron chi connectivity index (χ0n) is 12.6. The van der Waals surface area contributed by atoms with Gasteiger partial charge in [0.1, 0.15) is 0 Å². The molecule has 0 radical (unpaired) electrons. The molecule has 1 amide bonds. The van der Waals surface area contributed by atoms with Crippen molar-refractivity contribution in [1.29, 1.82) is 0 Å². The van der Waals surface area contributed by atoms with Crippen molar-refractivity contribution >= 4 is 11.6 Å². The van der Waals surface area contributed by atoms with Gasteiger partial charge in [0.2, 0.25) is 5.91 Å². The third-order valence-corrected chi connectivity index (χ3v) is 4.76. The standard InChI is InChI=1S/C17H20N4O/c22-16(12-13-6-1-2-7-13)20-11-5-8-14(20)17-19-18-15-9-3-4-10-21(15)17/h1,3-4,6,9-10,13-14H,2,5,7-8,11-12H2/t13-,14+/m1/s1. The fourth-order valence-corrected chi connectivity index (χ4v) is 3.63. The van der Waals surface area contributed by atoms with Crippen molar-refractivity contribution in [2.45, 2.75) is 38.1 Å². The fourth-order valence-electron chi connectivity index (χ4n) is 3.63. The number of hydrogen-bond donors (Lipinski definition) is 0. The molecule has 5 nitrogen and oxygen atoms in total. The monoisotopic (exact) mass is 296 g/mol. The highest BCUT2D eigenvalue weighted by Crippen LogP contribution is 2.33. The quantitative estimate of drug-likeness (QED) is 0.818. The molecule has 1 aliphatic carbocycles. The van der Waals surface area contributed by atoms with Gasteiger partial charge in [0.05, 0.1) is 6.04 Å². The molecule has 1 saturated heterocycles. The van der Waals surface area contributed by atoms with E-state index in [1.54, 1.807) is 0 Å². The Kier molecular flexibility index (Phi) is 3.41. The maximum atomic E-state index is 12.7. The molecule has 0 saturated carbocycles. The molecule has 0 bridgehead atoms. The lowest BCUT2D eigenvalue weighted by Gasteiger charge is -2.24. The molecule has 0 unspecified atom stereocenters. The normalized spacial score (nSPS) is 24.5. The number of aromatic nitrogens is 3. The maximum absolute atomic E-state index is 12.7. The van der Waals surface area contributed by atoms with Gasteiger partial charge in [0, 0.05) is 19.2 Å². The van der Waals surface area contributed by atoms with Crippen LogP contribution in [0, 0.1) is 5.92 Å². The lowest BCUT2D eigenvalue weighted by molar-refractivity contribution is -0.133. The van der Waals surface area contributed by atoms with E-state index in [1.165, 1.54) is 0 Å². The summed E-state index contributed by atoms with van der Waals surface area (Å²) in [4.78, 5) is 14.7. The summed E-state index contributed by atoms with van der Waals surface area (Å²) >= 11 is 0. The van der Waals surface area contributed by atoms with Crippen molar-refractivity contribution in [2.75, 3.05) is 6.54 Å². The van der Waals surface area contributed by atoms with Crippen molar-refractivity contribution in [1.82, 2.24) is 19.5 Å². The Balaban J connectivity index is 1.58. The van der Waals surface area contributed by atoms with Gasteiger partial charge in [-0.25, -0.2) is 0 Å². The molecule has 22 heavy (non-hydrogen) atoms. The molecular weight excluding hydrogens is 276 g/mol. The van der Waals surface area contributed by atoms with Gasteiger partial charge >= 0.3 is 0 Å². The first-order valence-electron chi connectivity index (χ1n) is 8.09. The number of amides is 1. The SMILES string of the molecule is O=C(C[C@@H]1C=CCC1)N1CCC[C@H]1c1nnc2ccccn12. The largest absolute Gasteiger partial charge is 0.332 e. The molecule has 2 aliphatic rings. The first-order valence-corrected chi connectivity index (χ1v) is 8.09. The highest BCUT2D eigenvalue weighted by Gasteiger charge is 2.33. The molecule has 1 fully saturated rings. The Bertz CT molecular complexity index is 720. The van der Waals surface area contributed by atoms with E-state index in [1.807, 2.05) is 33.7 Å². The lowest BCUT2D eigenvalue weighted by Crippen LogP contribution is -2.32. The van der Waals surface area contributed by atoms with Gasteiger partial charge in [-0.2, -0.15) is 0 Å². The van der Waals surface area contributed by atoms with Gasteiger partial charge in [0.25, 0.3) is 0 Å². The second-order valence-corrected chi connectivity index (χ2v) is 6.20. The van der Waals surface area contributed by atoms with Crippen LogP contribution in [0.3, 0.4) is 0 Å². The predicted molar refractivity (Wildman–Crippen MR) is 83.2 cm³/mol. The van der Waals surface area contributed by atoms with Gasteiger partial charge in [-0.3, -0.25) is 9.20 Å². The van der Waals surface area contributed by atoms with Crippen molar-refractivity contribution in [3.63, 3.8) is 0 Å². The number of carbonyl (C=O) groups excluding carboxylic acids is 1. The number of fused-ring (bicyclic) bond motifs is 1. The molecule has 0 aromatic carbocycles. The first-order chi connectivity index (χ1) is 10.8. The van der Waals surface area contributed by atoms with Crippen molar-refractivity contribution in [2.24, 2.45) is 5.92 Å². The Morgan fingerprint density at radius 2 is 2.23 bits per heavy atom. The van der Waals surface area contributed by atoms with Gasteiger partial charge in [-0.05, 0) is 43.7 Å². The number of pyridine rings is 1. The maximum Gasteiger partial charge on any atom is 0.223 e. The number of likely N-dealkylation sites (tertiary alicyclic amines) is 1. The topological polar surface area (TPSA) is 50.5 Å². The minimum absolute atomic E-state index is 0.0651. The smallest absolute Gasteiger partial charge is 0.223 e. The Labute approximate surface area is 129 Å². The third kappa shape index (κ3) is 2.30. The van der Waals surface area contributed by atoms with Crippen LogP contribution in [0.1, 0.15) is 44.0 Å². The van der Waals surface area contributed by atoms with Crippen molar-refractivity contribution in [3.05, 3.63) is 42.4 Å². The van der Waals surface area contributed by atoms with Crippen molar-refractivity contribution < 1.29 is 4.79 Å². The molecule has 5 heteroatoms. The van der Waals surface area contributed by atoms with E-state index in [-0.39, 0.29) is 11.9 Å². The summed E-state index contributed by atoms with van der Waals surface area (Å²) in [5.41, 5.74) is 0.843. The molecule has 2 atom stereocenters. The number of nitrogens with zero attached hydrogens (tertiary/aromatic N) is 4. The summed E-state index contributed by atoms with van der Waals surface area (Å²) < 4.78 is 2.01. The van der Waals surface area contributed by atoms with E-state index < -0.39 is 0 Å². The van der Waals surface area contributed by atoms with Gasteiger partial charge < -0.3 is 4.90 Å². The van der Waals surface area contributed by atoms with E-state index in [4.69, 9.17) is 0 Å². The average Bonchev–Trinajstić information content (AvgIpc) is 3.26. The molecule has 114 valence electrons. The van der Waals surface area contributed by atoms with Crippen LogP contribution < -0.4 is 0 Å². The van der Waals surface area contributed by atoms with Crippen molar-refractivity contribution in [3.8, 4) is 0 Å². The van der Waals surface area contributed by atoms with E-state index in [0.717, 1.165) is 43.7 Å². The zero-order chi connectivity index (χ0) is 14.9. The van der Waals surface area contributed by atoms with E-state index >= 15 is 0 Å².